The monoisotopic (exact) mass is 479 g/mol. The Morgan fingerprint density at radius 2 is 1.70 bits per heavy atom. The molecule has 1 aliphatic rings. The summed E-state index contributed by atoms with van der Waals surface area (Å²) in [6.07, 6.45) is 4.12. The number of aromatic nitrogens is 1. The van der Waals surface area contributed by atoms with E-state index in [9.17, 15) is 0 Å². The third-order valence-electron chi connectivity index (χ3n) is 6.19. The van der Waals surface area contributed by atoms with Gasteiger partial charge < -0.3 is 5.32 Å². The number of benzene rings is 3. The summed E-state index contributed by atoms with van der Waals surface area (Å²) in [4.78, 5) is 6.74. The fraction of sp³-hybridized carbons (Fsp3) is 0.222. The highest BCUT2D eigenvalue weighted by atomic mass is 35.5. The molecule has 1 atom stereocenters. The van der Waals surface area contributed by atoms with Crippen molar-refractivity contribution in [1.82, 2.24) is 9.88 Å². The third kappa shape index (κ3) is 4.98. The molecule has 4 aromatic rings. The lowest BCUT2D eigenvalue weighted by Crippen LogP contribution is -2.19. The van der Waals surface area contributed by atoms with Gasteiger partial charge in [0.2, 0.25) is 0 Å². The van der Waals surface area contributed by atoms with Gasteiger partial charge in [0, 0.05) is 39.4 Å². The molecule has 3 aromatic carbocycles. The first-order chi connectivity index (χ1) is 16.1. The van der Waals surface area contributed by atoms with Gasteiger partial charge in [0.1, 0.15) is 5.82 Å². The number of halogens is 3. The van der Waals surface area contributed by atoms with Gasteiger partial charge in [-0.15, -0.1) is 0 Å². The number of likely N-dealkylation sites (tertiary alicyclic amines) is 1. The van der Waals surface area contributed by atoms with Crippen LogP contribution in [0.15, 0.2) is 72.9 Å². The van der Waals surface area contributed by atoms with E-state index < -0.39 is 0 Å². The second kappa shape index (κ2) is 9.68. The average molecular weight is 480 g/mol. The summed E-state index contributed by atoms with van der Waals surface area (Å²) in [6.45, 7) is 2.72. The van der Waals surface area contributed by atoms with Crippen LogP contribution < -0.4 is 5.32 Å². The Morgan fingerprint density at radius 1 is 0.909 bits per heavy atom. The SMILES string of the molecule is Fc1cc(C(Nc2ccnc3cc(Cl)ccc23)c2cccc(Cl)c2)ccc1CN1CCCC1. The van der Waals surface area contributed by atoms with Crippen molar-refractivity contribution in [3.63, 3.8) is 0 Å². The van der Waals surface area contributed by atoms with Crippen LogP contribution in [0, 0.1) is 5.82 Å². The molecule has 1 aromatic heterocycles. The summed E-state index contributed by atoms with van der Waals surface area (Å²) in [6, 6.07) is 20.5. The second-order valence-electron chi connectivity index (χ2n) is 8.49. The Labute approximate surface area is 203 Å². The number of fused-ring (bicyclic) bond motifs is 1. The van der Waals surface area contributed by atoms with Crippen molar-refractivity contribution in [1.29, 1.82) is 0 Å². The van der Waals surface area contributed by atoms with Crippen molar-refractivity contribution < 1.29 is 4.39 Å². The number of nitrogens with one attached hydrogen (secondary N) is 1. The normalized spacial score (nSPS) is 15.1. The summed E-state index contributed by atoms with van der Waals surface area (Å²) in [5.41, 5.74) is 4.20. The van der Waals surface area contributed by atoms with Crippen LogP contribution in [0.3, 0.4) is 0 Å². The molecule has 1 saturated heterocycles. The van der Waals surface area contributed by atoms with Crippen LogP contribution in [-0.2, 0) is 6.54 Å². The van der Waals surface area contributed by atoms with Gasteiger partial charge in [0.05, 0.1) is 11.6 Å². The smallest absolute Gasteiger partial charge is 0.128 e. The van der Waals surface area contributed by atoms with Crippen LogP contribution in [0.4, 0.5) is 10.1 Å². The second-order valence-corrected chi connectivity index (χ2v) is 9.36. The molecule has 2 heterocycles. The largest absolute Gasteiger partial charge is 0.374 e. The highest BCUT2D eigenvalue weighted by Crippen LogP contribution is 2.33. The molecule has 1 unspecified atom stereocenters. The Bertz CT molecular complexity index is 1290. The van der Waals surface area contributed by atoms with Crippen molar-refractivity contribution in [2.45, 2.75) is 25.4 Å². The zero-order chi connectivity index (χ0) is 22.8. The van der Waals surface area contributed by atoms with E-state index in [1.54, 1.807) is 12.3 Å². The minimum atomic E-state index is -0.291. The van der Waals surface area contributed by atoms with Gasteiger partial charge in [-0.2, -0.15) is 0 Å². The molecule has 0 amide bonds. The summed E-state index contributed by atoms with van der Waals surface area (Å²) < 4.78 is 15.2. The standard InChI is InChI=1S/C27H24Cl2FN3/c28-21-5-3-4-18(14-21)27(32-25-10-11-31-26-16-22(29)8-9-23(25)26)19-6-7-20(24(30)15-19)17-33-12-1-2-13-33/h3-11,14-16,27H,1-2,12-13,17H2,(H,31,32). The maximum Gasteiger partial charge on any atom is 0.128 e. The molecule has 5 rings (SSSR count). The molecule has 0 aliphatic carbocycles. The molecule has 0 radical (unpaired) electrons. The summed E-state index contributed by atoms with van der Waals surface area (Å²) in [5, 5.41) is 5.82. The predicted molar refractivity (Wildman–Crippen MR) is 135 cm³/mol. The van der Waals surface area contributed by atoms with E-state index >= 15 is 4.39 Å². The molecule has 1 fully saturated rings. The Hall–Kier alpha value is -2.66. The van der Waals surface area contributed by atoms with Gasteiger partial charge in [0.15, 0.2) is 0 Å². The van der Waals surface area contributed by atoms with E-state index in [0.29, 0.717) is 16.6 Å². The Kier molecular flexibility index (Phi) is 6.50. The zero-order valence-electron chi connectivity index (χ0n) is 18.1. The number of hydrogen-bond donors (Lipinski definition) is 1. The van der Waals surface area contributed by atoms with Gasteiger partial charge >= 0.3 is 0 Å². The molecule has 33 heavy (non-hydrogen) atoms. The maximum atomic E-state index is 15.2. The fourth-order valence-corrected chi connectivity index (χ4v) is 4.87. The van der Waals surface area contributed by atoms with Crippen LogP contribution in [0.5, 0.6) is 0 Å². The lowest BCUT2D eigenvalue weighted by atomic mass is 9.96. The number of nitrogens with zero attached hydrogens (tertiary/aromatic N) is 2. The van der Waals surface area contributed by atoms with Crippen LogP contribution in [0.1, 0.15) is 35.6 Å². The minimum Gasteiger partial charge on any atom is -0.374 e. The van der Waals surface area contributed by atoms with Crippen molar-refractivity contribution in [3.8, 4) is 0 Å². The fourth-order valence-electron chi connectivity index (χ4n) is 4.50. The number of rotatable bonds is 6. The molecule has 1 aliphatic heterocycles. The van der Waals surface area contributed by atoms with Crippen molar-refractivity contribution in [2.24, 2.45) is 0 Å². The average Bonchev–Trinajstić information content (AvgIpc) is 3.32. The zero-order valence-corrected chi connectivity index (χ0v) is 19.6. The van der Waals surface area contributed by atoms with Crippen LogP contribution in [0.25, 0.3) is 10.9 Å². The third-order valence-corrected chi connectivity index (χ3v) is 6.66. The number of hydrogen-bond acceptors (Lipinski definition) is 3. The molecule has 0 saturated carbocycles. The van der Waals surface area contributed by atoms with Gasteiger partial charge in [-0.1, -0.05) is 47.5 Å². The van der Waals surface area contributed by atoms with Crippen molar-refractivity contribution in [2.75, 3.05) is 18.4 Å². The van der Waals surface area contributed by atoms with Gasteiger partial charge in [-0.25, -0.2) is 4.39 Å². The first-order valence-corrected chi connectivity index (χ1v) is 11.9. The molecule has 1 N–H and O–H groups in total. The summed E-state index contributed by atoms with van der Waals surface area (Å²) in [5.74, 6) is -0.181. The Morgan fingerprint density at radius 3 is 2.48 bits per heavy atom. The quantitative estimate of drug-likeness (QED) is 0.310. The minimum absolute atomic E-state index is 0.181. The van der Waals surface area contributed by atoms with Gasteiger partial charge in [-0.05, 0) is 79.5 Å². The first kappa shape index (κ1) is 22.1. The molecule has 3 nitrogen and oxygen atoms in total. The first-order valence-electron chi connectivity index (χ1n) is 11.1. The van der Waals surface area contributed by atoms with Gasteiger partial charge in [0.25, 0.3) is 0 Å². The number of anilines is 1. The van der Waals surface area contributed by atoms with E-state index in [1.165, 1.54) is 12.8 Å². The van der Waals surface area contributed by atoms with E-state index in [1.807, 2.05) is 60.7 Å². The summed E-state index contributed by atoms with van der Waals surface area (Å²) >= 11 is 12.5. The highest BCUT2D eigenvalue weighted by Gasteiger charge is 2.19. The molecular formula is C27H24Cl2FN3. The van der Waals surface area contributed by atoms with E-state index in [0.717, 1.165) is 46.4 Å². The molecule has 0 spiro atoms. The van der Waals surface area contributed by atoms with Crippen molar-refractivity contribution >= 4 is 39.8 Å². The van der Waals surface area contributed by atoms with Crippen LogP contribution in [0.2, 0.25) is 10.0 Å². The van der Waals surface area contributed by atoms with E-state index in [2.05, 4.69) is 15.2 Å². The predicted octanol–water partition coefficient (Wildman–Crippen LogP) is 7.48. The number of pyridine rings is 1. The molecule has 0 bridgehead atoms. The van der Waals surface area contributed by atoms with Crippen LogP contribution >= 0.6 is 23.2 Å². The Balaban J connectivity index is 1.52. The maximum absolute atomic E-state index is 15.2. The van der Waals surface area contributed by atoms with E-state index in [4.69, 9.17) is 23.2 Å². The van der Waals surface area contributed by atoms with Crippen LogP contribution in [-0.4, -0.2) is 23.0 Å². The molecule has 168 valence electrons. The molecular weight excluding hydrogens is 456 g/mol. The van der Waals surface area contributed by atoms with Crippen molar-refractivity contribution in [3.05, 3.63) is 105 Å². The lowest BCUT2D eigenvalue weighted by molar-refractivity contribution is 0.325. The van der Waals surface area contributed by atoms with E-state index in [-0.39, 0.29) is 11.9 Å². The molecule has 6 heteroatoms. The lowest BCUT2D eigenvalue weighted by Gasteiger charge is -2.23. The topological polar surface area (TPSA) is 28.2 Å². The van der Waals surface area contributed by atoms with Gasteiger partial charge in [-0.3, -0.25) is 9.88 Å². The highest BCUT2D eigenvalue weighted by molar-refractivity contribution is 6.31. The summed E-state index contributed by atoms with van der Waals surface area (Å²) in [7, 11) is 0.